The van der Waals surface area contributed by atoms with Gasteiger partial charge in [0.1, 0.15) is 0 Å². The summed E-state index contributed by atoms with van der Waals surface area (Å²) in [5.74, 6) is 1.05. The van der Waals surface area contributed by atoms with Crippen LogP contribution in [0.1, 0.15) is 46.4 Å². The van der Waals surface area contributed by atoms with Gasteiger partial charge in [0.15, 0.2) is 0 Å². The summed E-state index contributed by atoms with van der Waals surface area (Å²) in [5, 5.41) is 1.81. The van der Waals surface area contributed by atoms with E-state index in [1.54, 1.807) is 4.90 Å². The molecule has 0 radical (unpaired) electrons. The maximum absolute atomic E-state index is 13.0. The number of imide groups is 1. The van der Waals surface area contributed by atoms with Crippen molar-refractivity contribution in [2.24, 2.45) is 11.8 Å². The first-order valence-corrected chi connectivity index (χ1v) is 8.13. The number of carbonyl (C=O) groups is 2. The Balaban J connectivity index is 1.69. The zero-order valence-electron chi connectivity index (χ0n) is 12.3. The minimum absolute atomic E-state index is 0.0909. The molecule has 2 aromatic carbocycles. The molecule has 2 saturated carbocycles. The highest BCUT2D eigenvalue weighted by atomic mass is 16.2. The monoisotopic (exact) mass is 291 g/mol. The van der Waals surface area contributed by atoms with E-state index in [1.165, 1.54) is 12.8 Å². The average Bonchev–Trinajstić information content (AvgIpc) is 3.16. The number of fused-ring (bicyclic) bond motifs is 2. The van der Waals surface area contributed by atoms with Gasteiger partial charge in [0.25, 0.3) is 11.8 Å². The fourth-order valence-electron chi connectivity index (χ4n) is 4.88. The second-order valence-electron chi connectivity index (χ2n) is 6.93. The first-order chi connectivity index (χ1) is 10.7. The Morgan fingerprint density at radius 1 is 0.864 bits per heavy atom. The molecule has 3 atom stereocenters. The Morgan fingerprint density at radius 3 is 2.09 bits per heavy atom. The number of rotatable bonds is 1. The van der Waals surface area contributed by atoms with Crippen LogP contribution >= 0.6 is 0 Å². The summed E-state index contributed by atoms with van der Waals surface area (Å²) >= 11 is 0. The van der Waals surface area contributed by atoms with E-state index in [2.05, 4.69) is 0 Å². The van der Waals surface area contributed by atoms with Crippen LogP contribution in [0.2, 0.25) is 0 Å². The zero-order valence-corrected chi connectivity index (χ0v) is 12.3. The Kier molecular flexibility index (Phi) is 2.36. The minimum Gasteiger partial charge on any atom is -0.271 e. The molecule has 2 aliphatic carbocycles. The van der Waals surface area contributed by atoms with Crippen LogP contribution in [0.4, 0.5) is 0 Å². The van der Waals surface area contributed by atoms with E-state index in [-0.39, 0.29) is 17.9 Å². The molecule has 3 aliphatic rings. The molecule has 2 fully saturated rings. The predicted molar refractivity (Wildman–Crippen MR) is 83.7 cm³/mol. The van der Waals surface area contributed by atoms with Gasteiger partial charge in [-0.3, -0.25) is 14.5 Å². The van der Waals surface area contributed by atoms with Gasteiger partial charge in [-0.2, -0.15) is 0 Å². The molecule has 2 aromatic rings. The number of nitrogens with zero attached hydrogens (tertiary/aromatic N) is 1. The van der Waals surface area contributed by atoms with Crippen LogP contribution in [0.25, 0.3) is 10.8 Å². The van der Waals surface area contributed by atoms with E-state index >= 15 is 0 Å². The third-order valence-corrected chi connectivity index (χ3v) is 5.84. The summed E-state index contributed by atoms with van der Waals surface area (Å²) in [6.45, 7) is 0. The van der Waals surface area contributed by atoms with Gasteiger partial charge in [0.2, 0.25) is 0 Å². The second-order valence-corrected chi connectivity index (χ2v) is 6.93. The Morgan fingerprint density at radius 2 is 1.55 bits per heavy atom. The van der Waals surface area contributed by atoms with Crippen LogP contribution in [0, 0.1) is 11.8 Å². The number of hydrogen-bond acceptors (Lipinski definition) is 2. The van der Waals surface area contributed by atoms with Crippen LogP contribution < -0.4 is 0 Å². The van der Waals surface area contributed by atoms with Gasteiger partial charge in [-0.05, 0) is 48.6 Å². The number of hydrogen-bond donors (Lipinski definition) is 0. The highest BCUT2D eigenvalue weighted by Crippen LogP contribution is 2.48. The smallest absolute Gasteiger partial charge is 0.261 e. The first kappa shape index (κ1) is 12.4. The van der Waals surface area contributed by atoms with Crippen molar-refractivity contribution in [3.05, 3.63) is 47.5 Å². The highest BCUT2D eigenvalue weighted by molar-refractivity contribution is 6.25. The van der Waals surface area contributed by atoms with Crippen molar-refractivity contribution >= 4 is 22.6 Å². The molecule has 22 heavy (non-hydrogen) atoms. The third-order valence-electron chi connectivity index (χ3n) is 5.84. The molecule has 1 heterocycles. The average molecular weight is 291 g/mol. The van der Waals surface area contributed by atoms with Gasteiger partial charge < -0.3 is 0 Å². The van der Waals surface area contributed by atoms with Crippen molar-refractivity contribution in [1.82, 2.24) is 4.90 Å². The fourth-order valence-corrected chi connectivity index (χ4v) is 4.88. The third kappa shape index (κ3) is 1.46. The number of amides is 2. The molecule has 0 unspecified atom stereocenters. The molecule has 2 bridgehead atoms. The summed E-state index contributed by atoms with van der Waals surface area (Å²) in [5.41, 5.74) is 1.38. The Labute approximate surface area is 128 Å². The maximum Gasteiger partial charge on any atom is 0.261 e. The van der Waals surface area contributed by atoms with Crippen LogP contribution in [-0.4, -0.2) is 22.8 Å². The summed E-state index contributed by atoms with van der Waals surface area (Å²) in [7, 11) is 0. The van der Waals surface area contributed by atoms with Crippen molar-refractivity contribution in [2.75, 3.05) is 0 Å². The molecule has 2 amide bonds. The number of benzene rings is 2. The van der Waals surface area contributed by atoms with E-state index in [0.717, 1.165) is 23.6 Å². The van der Waals surface area contributed by atoms with E-state index < -0.39 is 0 Å². The minimum atomic E-state index is -0.0909. The maximum atomic E-state index is 13.0. The van der Waals surface area contributed by atoms with E-state index in [9.17, 15) is 9.59 Å². The molecule has 0 spiro atoms. The Hall–Kier alpha value is -2.16. The van der Waals surface area contributed by atoms with E-state index in [4.69, 9.17) is 0 Å². The molecule has 5 rings (SSSR count). The Bertz CT molecular complexity index is 775. The van der Waals surface area contributed by atoms with Gasteiger partial charge in [0, 0.05) is 22.6 Å². The van der Waals surface area contributed by atoms with Crippen molar-refractivity contribution in [2.45, 2.75) is 31.7 Å². The van der Waals surface area contributed by atoms with Gasteiger partial charge in [-0.15, -0.1) is 0 Å². The topological polar surface area (TPSA) is 37.4 Å². The lowest BCUT2D eigenvalue weighted by Gasteiger charge is -2.36. The van der Waals surface area contributed by atoms with Crippen molar-refractivity contribution in [3.63, 3.8) is 0 Å². The van der Waals surface area contributed by atoms with Crippen LogP contribution in [0.3, 0.4) is 0 Å². The molecule has 0 N–H and O–H groups in total. The molecular formula is C19H17NO2. The largest absolute Gasteiger partial charge is 0.271 e. The molecule has 0 saturated heterocycles. The normalized spacial score (nSPS) is 29.6. The van der Waals surface area contributed by atoms with Crippen molar-refractivity contribution in [1.29, 1.82) is 0 Å². The molecular weight excluding hydrogens is 274 g/mol. The lowest BCUT2D eigenvalue weighted by Crippen LogP contribution is -2.49. The summed E-state index contributed by atoms with van der Waals surface area (Å²) in [4.78, 5) is 27.5. The van der Waals surface area contributed by atoms with Gasteiger partial charge in [-0.1, -0.05) is 30.7 Å². The fraction of sp³-hybridized carbons (Fsp3) is 0.368. The van der Waals surface area contributed by atoms with Crippen LogP contribution in [0.5, 0.6) is 0 Å². The van der Waals surface area contributed by atoms with Gasteiger partial charge in [-0.25, -0.2) is 0 Å². The van der Waals surface area contributed by atoms with Crippen molar-refractivity contribution in [3.8, 4) is 0 Å². The van der Waals surface area contributed by atoms with Crippen LogP contribution in [0.15, 0.2) is 36.4 Å². The highest BCUT2D eigenvalue weighted by Gasteiger charge is 2.47. The SMILES string of the molecule is O=C1c2cccc3cccc(c23)C(=O)N1[C@H]1C[C@H]2CC[C@H]1C2. The molecule has 110 valence electrons. The van der Waals surface area contributed by atoms with Crippen molar-refractivity contribution < 1.29 is 9.59 Å². The van der Waals surface area contributed by atoms with E-state index in [0.29, 0.717) is 23.0 Å². The van der Waals surface area contributed by atoms with Gasteiger partial charge >= 0.3 is 0 Å². The molecule has 3 nitrogen and oxygen atoms in total. The predicted octanol–water partition coefficient (Wildman–Crippen LogP) is 3.62. The summed E-state index contributed by atoms with van der Waals surface area (Å²) < 4.78 is 0. The summed E-state index contributed by atoms with van der Waals surface area (Å²) in [6.07, 6.45) is 4.62. The molecule has 0 aromatic heterocycles. The summed E-state index contributed by atoms with van der Waals surface area (Å²) in [6, 6.07) is 11.6. The molecule has 1 aliphatic heterocycles. The zero-order chi connectivity index (χ0) is 14.8. The second kappa shape index (κ2) is 4.19. The van der Waals surface area contributed by atoms with Crippen LogP contribution in [-0.2, 0) is 0 Å². The number of carbonyl (C=O) groups excluding carboxylic acids is 2. The van der Waals surface area contributed by atoms with Gasteiger partial charge in [0.05, 0.1) is 0 Å². The standard InChI is InChI=1S/C19H17NO2/c21-18-14-5-1-3-12-4-2-6-15(17(12)14)19(22)20(18)16-10-11-7-8-13(16)9-11/h1-6,11,13,16H,7-10H2/t11-,13-,16-/m0/s1. The lowest BCUT2D eigenvalue weighted by molar-refractivity contribution is 0.0484. The molecule has 3 heteroatoms. The first-order valence-electron chi connectivity index (χ1n) is 8.13. The lowest BCUT2D eigenvalue weighted by atomic mass is 9.89. The quantitative estimate of drug-likeness (QED) is 0.752. The van der Waals surface area contributed by atoms with E-state index in [1.807, 2.05) is 36.4 Å².